The number of ether oxygens (including phenoxy) is 1. The molecule has 0 aliphatic heterocycles. The van der Waals surface area contributed by atoms with Crippen LogP contribution in [0.3, 0.4) is 0 Å². The second-order valence-corrected chi connectivity index (χ2v) is 5.58. The first-order valence-electron chi connectivity index (χ1n) is 5.74. The molecule has 1 aromatic carbocycles. The molecule has 2 rings (SSSR count). The monoisotopic (exact) mass is 406 g/mol. The molecule has 0 aliphatic rings. The van der Waals surface area contributed by atoms with Gasteiger partial charge >= 0.3 is 0 Å². The summed E-state index contributed by atoms with van der Waals surface area (Å²) in [6, 6.07) is 5.88. The highest BCUT2D eigenvalue weighted by Crippen LogP contribution is 2.33. The van der Waals surface area contributed by atoms with Crippen LogP contribution in [-0.4, -0.2) is 11.5 Å². The Morgan fingerprint density at radius 3 is 2.60 bits per heavy atom. The van der Waals surface area contributed by atoms with Crippen LogP contribution in [0.25, 0.3) is 0 Å². The van der Waals surface area contributed by atoms with Crippen LogP contribution in [-0.2, 0) is 0 Å². The number of halogens is 4. The number of pyridine rings is 1. The Hall–Kier alpha value is -1.21. The second kappa shape index (κ2) is 6.49. The summed E-state index contributed by atoms with van der Waals surface area (Å²) in [5.41, 5.74) is 0. The Morgan fingerprint density at radius 2 is 1.95 bits per heavy atom. The van der Waals surface area contributed by atoms with Gasteiger partial charge in [0.15, 0.2) is 17.5 Å². The van der Waals surface area contributed by atoms with Crippen molar-refractivity contribution in [2.45, 2.75) is 6.92 Å². The molecule has 0 unspecified atom stereocenters. The van der Waals surface area contributed by atoms with Crippen molar-refractivity contribution in [3.05, 3.63) is 44.8 Å². The van der Waals surface area contributed by atoms with Crippen LogP contribution in [0.15, 0.2) is 33.2 Å². The molecule has 0 aliphatic carbocycles. The van der Waals surface area contributed by atoms with E-state index in [4.69, 9.17) is 4.74 Å². The van der Waals surface area contributed by atoms with E-state index in [1.807, 2.05) is 0 Å². The van der Waals surface area contributed by atoms with Gasteiger partial charge in [0.25, 0.3) is 5.88 Å². The lowest BCUT2D eigenvalue weighted by atomic mass is 10.3. The van der Waals surface area contributed by atoms with Crippen molar-refractivity contribution in [2.75, 3.05) is 11.9 Å². The van der Waals surface area contributed by atoms with Gasteiger partial charge in [0.2, 0.25) is 0 Å². The molecule has 7 heteroatoms. The van der Waals surface area contributed by atoms with E-state index in [1.165, 1.54) is 0 Å². The highest BCUT2D eigenvalue weighted by molar-refractivity contribution is 9.11. The molecule has 3 nitrogen and oxygen atoms in total. The lowest BCUT2D eigenvalue weighted by Gasteiger charge is -2.10. The van der Waals surface area contributed by atoms with Gasteiger partial charge in [-0.05, 0) is 41.1 Å². The first kappa shape index (κ1) is 15.2. The van der Waals surface area contributed by atoms with Gasteiger partial charge in [-0.2, -0.15) is 4.98 Å². The third-order valence-corrected chi connectivity index (χ3v) is 3.46. The minimum atomic E-state index is -0.862. The molecule has 0 bridgehead atoms. The molecule has 0 saturated carbocycles. The number of benzene rings is 1. The van der Waals surface area contributed by atoms with Crippen molar-refractivity contribution < 1.29 is 13.5 Å². The number of hydrogen-bond donors (Lipinski definition) is 1. The van der Waals surface area contributed by atoms with Crippen molar-refractivity contribution in [3.8, 4) is 11.6 Å². The molecule has 0 amide bonds. The first-order chi connectivity index (χ1) is 9.51. The van der Waals surface area contributed by atoms with Crippen molar-refractivity contribution in [3.63, 3.8) is 0 Å². The van der Waals surface area contributed by atoms with Gasteiger partial charge < -0.3 is 10.1 Å². The van der Waals surface area contributed by atoms with Gasteiger partial charge in [-0.25, -0.2) is 8.78 Å². The molecule has 0 saturated heterocycles. The fourth-order valence-corrected chi connectivity index (χ4v) is 2.60. The van der Waals surface area contributed by atoms with Gasteiger partial charge in [0.1, 0.15) is 5.75 Å². The van der Waals surface area contributed by atoms with Crippen LogP contribution < -0.4 is 10.1 Å². The maximum atomic E-state index is 13.7. The number of nitrogens with zero attached hydrogens (tertiary/aromatic N) is 1. The van der Waals surface area contributed by atoms with Gasteiger partial charge in [-0.3, -0.25) is 0 Å². The normalized spacial score (nSPS) is 10.4. The van der Waals surface area contributed by atoms with Crippen LogP contribution in [0.5, 0.6) is 11.6 Å². The fourth-order valence-electron chi connectivity index (χ4n) is 1.47. The number of hydrogen-bond acceptors (Lipinski definition) is 3. The second-order valence-electron chi connectivity index (χ2n) is 3.81. The molecule has 0 fully saturated rings. The van der Waals surface area contributed by atoms with Crippen LogP contribution in [0.1, 0.15) is 6.92 Å². The third kappa shape index (κ3) is 3.46. The number of nitrogens with one attached hydrogen (secondary N) is 1. The Labute approximate surface area is 131 Å². The number of rotatable bonds is 4. The first-order valence-corrected chi connectivity index (χ1v) is 7.32. The van der Waals surface area contributed by atoms with E-state index in [0.29, 0.717) is 16.8 Å². The minimum Gasteiger partial charge on any atom is -0.435 e. The molecule has 1 aromatic heterocycles. The SMILES string of the molecule is CCNc1nc(Oc2ccc(Br)cc2Br)c(F)cc1F. The fraction of sp³-hybridized carbons (Fsp3) is 0.154. The summed E-state index contributed by atoms with van der Waals surface area (Å²) in [7, 11) is 0. The standard InChI is InChI=1S/C13H10Br2F2N2O/c1-2-18-12-9(16)6-10(17)13(19-12)20-11-4-3-7(14)5-8(11)15/h3-6H,2H2,1H3,(H,18,19). The summed E-state index contributed by atoms with van der Waals surface area (Å²) in [5.74, 6) is -1.57. The summed E-state index contributed by atoms with van der Waals surface area (Å²) in [4.78, 5) is 3.80. The molecular formula is C13H10Br2F2N2O. The molecule has 106 valence electrons. The van der Waals surface area contributed by atoms with Gasteiger partial charge in [0, 0.05) is 17.1 Å². The topological polar surface area (TPSA) is 34.2 Å². The van der Waals surface area contributed by atoms with E-state index in [1.54, 1.807) is 25.1 Å². The van der Waals surface area contributed by atoms with E-state index in [-0.39, 0.29) is 11.7 Å². The van der Waals surface area contributed by atoms with E-state index in [2.05, 4.69) is 42.2 Å². The summed E-state index contributed by atoms with van der Waals surface area (Å²) in [5, 5.41) is 2.70. The summed E-state index contributed by atoms with van der Waals surface area (Å²) >= 11 is 6.60. The molecule has 0 spiro atoms. The maximum absolute atomic E-state index is 13.7. The highest BCUT2D eigenvalue weighted by Gasteiger charge is 2.14. The molecule has 0 radical (unpaired) electrons. The average molecular weight is 408 g/mol. The van der Waals surface area contributed by atoms with Crippen molar-refractivity contribution >= 4 is 37.7 Å². The molecule has 1 N–H and O–H groups in total. The minimum absolute atomic E-state index is 0.0443. The molecule has 2 aromatic rings. The molecule has 1 heterocycles. The zero-order valence-corrected chi connectivity index (χ0v) is 13.6. The molecule has 20 heavy (non-hydrogen) atoms. The van der Waals surface area contributed by atoms with E-state index in [9.17, 15) is 8.78 Å². The van der Waals surface area contributed by atoms with Crippen LogP contribution >= 0.6 is 31.9 Å². The largest absolute Gasteiger partial charge is 0.435 e. The smallest absolute Gasteiger partial charge is 0.258 e. The van der Waals surface area contributed by atoms with Crippen molar-refractivity contribution in [2.24, 2.45) is 0 Å². The van der Waals surface area contributed by atoms with Crippen molar-refractivity contribution in [1.29, 1.82) is 0 Å². The summed E-state index contributed by atoms with van der Waals surface area (Å²) < 4.78 is 34.0. The van der Waals surface area contributed by atoms with Gasteiger partial charge in [-0.15, -0.1) is 0 Å². The number of aromatic nitrogens is 1. The van der Waals surface area contributed by atoms with Crippen LogP contribution in [0.2, 0.25) is 0 Å². The quantitative estimate of drug-likeness (QED) is 0.764. The lowest BCUT2D eigenvalue weighted by Crippen LogP contribution is -2.04. The zero-order chi connectivity index (χ0) is 14.7. The van der Waals surface area contributed by atoms with E-state index in [0.717, 1.165) is 10.5 Å². The maximum Gasteiger partial charge on any atom is 0.258 e. The lowest BCUT2D eigenvalue weighted by molar-refractivity contribution is 0.416. The van der Waals surface area contributed by atoms with Gasteiger partial charge in [0.05, 0.1) is 4.47 Å². The summed E-state index contributed by atoms with van der Waals surface area (Å²) in [6.45, 7) is 2.26. The zero-order valence-electron chi connectivity index (χ0n) is 10.4. The molecule has 0 atom stereocenters. The highest BCUT2D eigenvalue weighted by atomic mass is 79.9. The van der Waals surface area contributed by atoms with Crippen molar-refractivity contribution in [1.82, 2.24) is 4.98 Å². The Morgan fingerprint density at radius 1 is 1.20 bits per heavy atom. The number of anilines is 1. The van der Waals surface area contributed by atoms with Crippen LogP contribution in [0, 0.1) is 11.6 Å². The Bertz CT molecular complexity index is 638. The Balaban J connectivity index is 2.35. The van der Waals surface area contributed by atoms with Crippen LogP contribution in [0.4, 0.5) is 14.6 Å². The predicted octanol–water partition coefficient (Wildman–Crippen LogP) is 5.11. The summed E-state index contributed by atoms with van der Waals surface area (Å²) in [6.07, 6.45) is 0. The van der Waals surface area contributed by atoms with Gasteiger partial charge in [-0.1, -0.05) is 15.9 Å². The third-order valence-electron chi connectivity index (χ3n) is 2.34. The predicted molar refractivity (Wildman–Crippen MR) is 80.2 cm³/mol. The average Bonchev–Trinajstić information content (AvgIpc) is 2.38. The van der Waals surface area contributed by atoms with E-state index >= 15 is 0 Å². The molecular weight excluding hydrogens is 398 g/mol. The Kier molecular flexibility index (Phi) is 4.93. The van der Waals surface area contributed by atoms with E-state index < -0.39 is 11.6 Å².